The predicted octanol–water partition coefficient (Wildman–Crippen LogP) is 3.70. The van der Waals surface area contributed by atoms with E-state index in [1.54, 1.807) is 18.1 Å². The van der Waals surface area contributed by atoms with E-state index < -0.39 is 24.2 Å². The molecule has 0 aromatic heterocycles. The van der Waals surface area contributed by atoms with Crippen molar-refractivity contribution in [3.8, 4) is 16.9 Å². The third kappa shape index (κ3) is 7.22. The van der Waals surface area contributed by atoms with Crippen molar-refractivity contribution in [2.75, 3.05) is 40.4 Å². The standard InChI is InChI=1S/C37H54N4O6/c1-8-46-34-26(13-10-14-28(34)24-11-9-12-25(17-24)35(44)38-15-16-40(6)7)20-41-33(32(23(3)43)31(21-42)47-41)36(45)39-30-19-27-18-29(22(30)2)37(27,4)5/h9-14,17,22-23,27,29-33,42-43H,8,15-16,18-21H2,1-7H3,(H,38,44)(H,39,45)/t22-,23-,27+,29-,30-,31-,32-,33-/m0/s1. The first-order valence-corrected chi connectivity index (χ1v) is 17.2. The molecule has 10 heteroatoms. The fraction of sp³-hybridized carbons (Fsp3) is 0.622. The smallest absolute Gasteiger partial charge is 0.251 e. The minimum Gasteiger partial charge on any atom is -0.493 e. The molecular weight excluding hydrogens is 596 g/mol. The van der Waals surface area contributed by atoms with Crippen LogP contribution < -0.4 is 15.4 Å². The summed E-state index contributed by atoms with van der Waals surface area (Å²) in [7, 11) is 3.93. The zero-order valence-electron chi connectivity index (χ0n) is 29.0. The van der Waals surface area contributed by atoms with Gasteiger partial charge in [0.1, 0.15) is 17.9 Å². The summed E-state index contributed by atoms with van der Waals surface area (Å²) in [5.74, 6) is 1.18. The zero-order valence-corrected chi connectivity index (χ0v) is 29.0. The molecule has 4 N–H and O–H groups in total. The molecule has 1 aliphatic heterocycles. The number of benzene rings is 2. The Kier molecular flexibility index (Phi) is 11.0. The minimum atomic E-state index is -0.881. The lowest BCUT2D eigenvalue weighted by atomic mass is 9.45. The molecule has 8 atom stereocenters. The molecular formula is C37H54N4O6. The van der Waals surface area contributed by atoms with Gasteiger partial charge in [0.05, 0.1) is 25.9 Å². The van der Waals surface area contributed by atoms with Crippen molar-refractivity contribution in [3.05, 3.63) is 53.6 Å². The van der Waals surface area contributed by atoms with Crippen LogP contribution in [-0.4, -0.2) is 96.7 Å². The second kappa shape index (κ2) is 14.6. The molecule has 2 amide bonds. The summed E-state index contributed by atoms with van der Waals surface area (Å²) >= 11 is 0. The van der Waals surface area contributed by atoms with Crippen LogP contribution in [0, 0.1) is 29.1 Å². The number of amides is 2. The number of nitrogens with one attached hydrogen (secondary N) is 2. The van der Waals surface area contributed by atoms with Crippen molar-refractivity contribution >= 4 is 11.8 Å². The first kappa shape index (κ1) is 35.3. The number of nitrogens with zero attached hydrogens (tertiary/aromatic N) is 2. The molecule has 258 valence electrons. The maximum atomic E-state index is 14.1. The van der Waals surface area contributed by atoms with E-state index >= 15 is 0 Å². The molecule has 4 aliphatic rings. The van der Waals surface area contributed by atoms with Crippen LogP contribution in [0.4, 0.5) is 0 Å². The lowest BCUT2D eigenvalue weighted by Crippen LogP contribution is -2.62. The van der Waals surface area contributed by atoms with Gasteiger partial charge in [0.25, 0.3) is 5.91 Å². The van der Waals surface area contributed by atoms with Gasteiger partial charge in [-0.15, -0.1) is 0 Å². The van der Waals surface area contributed by atoms with E-state index in [1.165, 1.54) is 6.42 Å². The van der Waals surface area contributed by atoms with Gasteiger partial charge in [0, 0.05) is 41.7 Å². The fourth-order valence-corrected chi connectivity index (χ4v) is 8.23. The summed E-state index contributed by atoms with van der Waals surface area (Å²) in [5.41, 5.74) is 3.28. The van der Waals surface area contributed by atoms with Crippen LogP contribution in [0.15, 0.2) is 42.5 Å². The third-order valence-corrected chi connectivity index (χ3v) is 11.1. The molecule has 10 nitrogen and oxygen atoms in total. The minimum absolute atomic E-state index is 0.0543. The molecule has 47 heavy (non-hydrogen) atoms. The number of rotatable bonds is 13. The number of hydrogen-bond donors (Lipinski definition) is 4. The lowest BCUT2D eigenvalue weighted by molar-refractivity contribution is -0.183. The van der Waals surface area contributed by atoms with Crippen LogP contribution in [0.1, 0.15) is 63.4 Å². The monoisotopic (exact) mass is 650 g/mol. The normalized spacial score (nSPS) is 28.9. The highest BCUT2D eigenvalue weighted by molar-refractivity contribution is 5.95. The van der Waals surface area contributed by atoms with Gasteiger partial charge in [0.2, 0.25) is 5.91 Å². The Morgan fingerprint density at radius 1 is 1.17 bits per heavy atom. The van der Waals surface area contributed by atoms with Crippen LogP contribution in [-0.2, 0) is 16.2 Å². The van der Waals surface area contributed by atoms with Gasteiger partial charge in [0.15, 0.2) is 0 Å². The first-order chi connectivity index (χ1) is 22.4. The summed E-state index contributed by atoms with van der Waals surface area (Å²) in [6.45, 7) is 12.0. The number of hydroxylamine groups is 2. The Labute approximate surface area is 279 Å². The van der Waals surface area contributed by atoms with Gasteiger partial charge in [-0.25, -0.2) is 0 Å². The largest absolute Gasteiger partial charge is 0.493 e. The van der Waals surface area contributed by atoms with Crippen molar-refractivity contribution in [1.82, 2.24) is 20.6 Å². The number of fused-ring (bicyclic) bond motifs is 2. The van der Waals surface area contributed by atoms with Crippen molar-refractivity contribution in [2.45, 2.75) is 78.3 Å². The molecule has 3 saturated carbocycles. The maximum absolute atomic E-state index is 14.1. The third-order valence-electron chi connectivity index (χ3n) is 11.1. The van der Waals surface area contributed by atoms with Gasteiger partial charge < -0.3 is 30.5 Å². The highest BCUT2D eigenvalue weighted by atomic mass is 16.7. The first-order valence-electron chi connectivity index (χ1n) is 17.2. The van der Waals surface area contributed by atoms with Crippen LogP contribution in [0.2, 0.25) is 0 Å². The number of para-hydroxylation sites is 1. The molecule has 2 bridgehead atoms. The van der Waals surface area contributed by atoms with Gasteiger partial charge in [-0.2, -0.15) is 5.06 Å². The number of likely N-dealkylation sites (N-methyl/N-ethyl adjacent to an activating group) is 1. The van der Waals surface area contributed by atoms with Crippen LogP contribution in [0.5, 0.6) is 5.75 Å². The number of carbonyl (C=O) groups excluding carboxylic acids is 2. The fourth-order valence-electron chi connectivity index (χ4n) is 8.23. The molecule has 3 aliphatic carbocycles. The summed E-state index contributed by atoms with van der Waals surface area (Å²) in [5, 5.41) is 29.0. The average Bonchev–Trinajstić information content (AvgIpc) is 3.41. The molecule has 0 spiro atoms. The zero-order chi connectivity index (χ0) is 34.0. The topological polar surface area (TPSA) is 124 Å². The summed E-state index contributed by atoms with van der Waals surface area (Å²) in [6.07, 6.45) is 0.537. The average molecular weight is 651 g/mol. The SMILES string of the molecule is CCOc1c(CN2O[C@@H](CO)[C@H]([C@H](C)O)[C@H]2C(=O)N[C@H]2C[C@H]3C[C@@H]([C@@H]2C)C3(C)C)cccc1-c1cccc(C(=O)NCCN(C)C)c1. The van der Waals surface area contributed by atoms with Gasteiger partial charge in [-0.3, -0.25) is 14.4 Å². The summed E-state index contributed by atoms with van der Waals surface area (Å²) < 4.78 is 6.23. The molecule has 1 heterocycles. The lowest BCUT2D eigenvalue weighted by Gasteiger charge is -2.62. The number of carbonyl (C=O) groups is 2. The molecule has 2 aromatic carbocycles. The molecule has 1 saturated heterocycles. The van der Waals surface area contributed by atoms with Gasteiger partial charge in [-0.1, -0.05) is 51.1 Å². The van der Waals surface area contributed by atoms with Crippen LogP contribution in [0.3, 0.4) is 0 Å². The van der Waals surface area contributed by atoms with E-state index in [9.17, 15) is 19.8 Å². The summed E-state index contributed by atoms with van der Waals surface area (Å²) in [4.78, 5) is 35.3. The number of aliphatic hydroxyl groups is 2. The maximum Gasteiger partial charge on any atom is 0.251 e. The Balaban J connectivity index is 1.41. The highest BCUT2D eigenvalue weighted by Gasteiger charge is 2.57. The number of ether oxygens (including phenoxy) is 1. The predicted molar refractivity (Wildman–Crippen MR) is 181 cm³/mol. The Morgan fingerprint density at radius 3 is 2.55 bits per heavy atom. The summed E-state index contributed by atoms with van der Waals surface area (Å²) in [6, 6.07) is 12.5. The number of aliphatic hydroxyl groups excluding tert-OH is 2. The van der Waals surface area contributed by atoms with Gasteiger partial charge in [-0.05, 0) is 81.6 Å². The van der Waals surface area contributed by atoms with E-state index in [2.05, 4.69) is 31.4 Å². The van der Waals surface area contributed by atoms with E-state index in [-0.39, 0.29) is 31.0 Å². The molecule has 4 fully saturated rings. The second-order valence-electron chi connectivity index (χ2n) is 14.6. The molecule has 0 radical (unpaired) electrons. The molecule has 6 rings (SSSR count). The van der Waals surface area contributed by atoms with Crippen molar-refractivity contribution in [1.29, 1.82) is 0 Å². The number of hydrogen-bond acceptors (Lipinski definition) is 8. The Morgan fingerprint density at radius 2 is 1.91 bits per heavy atom. The van der Waals surface area contributed by atoms with E-state index in [0.29, 0.717) is 47.6 Å². The highest BCUT2D eigenvalue weighted by Crippen LogP contribution is 2.61. The van der Waals surface area contributed by atoms with Gasteiger partial charge >= 0.3 is 0 Å². The van der Waals surface area contributed by atoms with Crippen LogP contribution in [0.25, 0.3) is 11.1 Å². The Hall–Kier alpha value is -3.02. The quantitative estimate of drug-likeness (QED) is 0.259. The van der Waals surface area contributed by atoms with E-state index in [4.69, 9.17) is 9.57 Å². The van der Waals surface area contributed by atoms with E-state index in [0.717, 1.165) is 29.7 Å². The Bertz CT molecular complexity index is 1410. The van der Waals surface area contributed by atoms with E-state index in [1.807, 2.05) is 62.3 Å². The van der Waals surface area contributed by atoms with Crippen molar-refractivity contribution < 1.29 is 29.4 Å². The molecule has 2 aromatic rings. The molecule has 0 unspecified atom stereocenters. The van der Waals surface area contributed by atoms with Crippen LogP contribution >= 0.6 is 0 Å². The van der Waals surface area contributed by atoms with Crippen molar-refractivity contribution in [2.24, 2.45) is 29.1 Å². The van der Waals surface area contributed by atoms with Crippen molar-refractivity contribution in [3.63, 3.8) is 0 Å². The second-order valence-corrected chi connectivity index (χ2v) is 14.6.